The number of pyridine rings is 1. The smallest absolute Gasteiger partial charge is 0.433 e. The van der Waals surface area contributed by atoms with Crippen molar-refractivity contribution in [3.05, 3.63) is 28.3 Å². The number of halogens is 3. The Balaban J connectivity index is 2.05. The molecule has 1 saturated heterocycles. The first-order valence-corrected chi connectivity index (χ1v) is 8.40. The number of carboxylic acids is 1. The van der Waals surface area contributed by atoms with E-state index in [0.29, 0.717) is 30.3 Å². The summed E-state index contributed by atoms with van der Waals surface area (Å²) >= 11 is 0.866. The number of nitrogens with zero attached hydrogens (tertiary/aromatic N) is 2. The van der Waals surface area contributed by atoms with Crippen LogP contribution in [0.25, 0.3) is 10.2 Å². The predicted octanol–water partition coefficient (Wildman–Crippen LogP) is 3.70. The van der Waals surface area contributed by atoms with Crippen molar-refractivity contribution in [1.82, 2.24) is 9.88 Å². The van der Waals surface area contributed by atoms with Gasteiger partial charge >= 0.3 is 12.1 Å². The van der Waals surface area contributed by atoms with Crippen LogP contribution in [0.1, 0.15) is 40.7 Å². The molecule has 0 radical (unpaired) electrons. The molecule has 134 valence electrons. The van der Waals surface area contributed by atoms with Gasteiger partial charge in [-0.3, -0.25) is 4.79 Å². The fourth-order valence-corrected chi connectivity index (χ4v) is 4.22. The second kappa shape index (κ2) is 5.69. The second-order valence-corrected chi connectivity index (χ2v) is 7.24. The molecule has 1 amide bonds. The molecule has 9 heteroatoms. The number of alkyl halides is 3. The van der Waals surface area contributed by atoms with Gasteiger partial charge in [0, 0.05) is 11.9 Å². The van der Waals surface area contributed by atoms with Gasteiger partial charge in [0.15, 0.2) is 0 Å². The SMILES string of the molecule is Cc1c(C(=O)N2CCCC2(C)C(=O)O)sc2nc(C(F)(F)F)ccc12. The average Bonchev–Trinajstić information content (AvgIpc) is 3.07. The Morgan fingerprint density at radius 2 is 2.04 bits per heavy atom. The number of hydrogen-bond donors (Lipinski definition) is 1. The number of aromatic nitrogens is 1. The molecule has 1 aliphatic rings. The fraction of sp³-hybridized carbons (Fsp3) is 0.438. The minimum atomic E-state index is -4.56. The number of carbonyl (C=O) groups is 2. The van der Waals surface area contributed by atoms with Crippen molar-refractivity contribution in [2.24, 2.45) is 0 Å². The molecule has 0 aromatic carbocycles. The van der Waals surface area contributed by atoms with Crippen molar-refractivity contribution in [2.75, 3.05) is 6.54 Å². The van der Waals surface area contributed by atoms with Gasteiger partial charge in [0.05, 0.1) is 4.88 Å². The van der Waals surface area contributed by atoms with Gasteiger partial charge in [0.2, 0.25) is 0 Å². The third kappa shape index (κ3) is 2.76. The molecular formula is C16H15F3N2O3S. The van der Waals surface area contributed by atoms with Crippen LogP contribution in [0.2, 0.25) is 0 Å². The number of fused-ring (bicyclic) bond motifs is 1. The summed E-state index contributed by atoms with van der Waals surface area (Å²) in [6.45, 7) is 3.43. The summed E-state index contributed by atoms with van der Waals surface area (Å²) in [6.07, 6.45) is -3.66. The summed E-state index contributed by atoms with van der Waals surface area (Å²) in [5, 5.41) is 9.92. The van der Waals surface area contributed by atoms with Crippen molar-refractivity contribution in [3.8, 4) is 0 Å². The van der Waals surface area contributed by atoms with Crippen molar-refractivity contribution in [1.29, 1.82) is 0 Å². The number of carbonyl (C=O) groups excluding carboxylic acids is 1. The minimum absolute atomic E-state index is 0.118. The second-order valence-electron chi connectivity index (χ2n) is 6.24. The molecule has 1 fully saturated rings. The molecule has 2 aromatic heterocycles. The van der Waals surface area contributed by atoms with E-state index in [2.05, 4.69) is 4.98 Å². The molecule has 3 heterocycles. The van der Waals surface area contributed by atoms with Gasteiger partial charge in [0.1, 0.15) is 16.1 Å². The van der Waals surface area contributed by atoms with Crippen LogP contribution in [0.15, 0.2) is 12.1 Å². The number of likely N-dealkylation sites (tertiary alicyclic amines) is 1. The molecule has 0 bridgehead atoms. The molecule has 3 rings (SSSR count). The van der Waals surface area contributed by atoms with E-state index in [1.54, 1.807) is 6.92 Å². The van der Waals surface area contributed by atoms with Crippen molar-refractivity contribution >= 4 is 33.4 Å². The third-order valence-electron chi connectivity index (χ3n) is 4.64. The zero-order valence-corrected chi connectivity index (χ0v) is 14.3. The summed E-state index contributed by atoms with van der Waals surface area (Å²) in [4.78, 5) is 29.7. The van der Waals surface area contributed by atoms with Gasteiger partial charge in [-0.05, 0) is 44.4 Å². The van der Waals surface area contributed by atoms with Crippen LogP contribution in [0.4, 0.5) is 13.2 Å². The molecular weight excluding hydrogens is 357 g/mol. The number of carboxylic acid groups (broad SMARTS) is 1. The van der Waals surface area contributed by atoms with E-state index in [0.717, 1.165) is 17.4 Å². The highest BCUT2D eigenvalue weighted by Gasteiger charge is 2.46. The summed E-state index contributed by atoms with van der Waals surface area (Å²) in [6, 6.07) is 2.18. The highest BCUT2D eigenvalue weighted by atomic mass is 32.1. The largest absolute Gasteiger partial charge is 0.480 e. The van der Waals surface area contributed by atoms with Gasteiger partial charge in [-0.15, -0.1) is 11.3 Å². The topological polar surface area (TPSA) is 70.5 Å². The number of rotatable bonds is 2. The lowest BCUT2D eigenvalue weighted by Crippen LogP contribution is -2.50. The molecule has 0 saturated carbocycles. The third-order valence-corrected chi connectivity index (χ3v) is 5.82. The Hall–Kier alpha value is -2.16. The van der Waals surface area contributed by atoms with E-state index in [1.807, 2.05) is 0 Å². The van der Waals surface area contributed by atoms with Crippen LogP contribution >= 0.6 is 11.3 Å². The Labute approximate surface area is 145 Å². The zero-order chi connectivity index (χ0) is 18.6. The van der Waals surface area contributed by atoms with Crippen LogP contribution in [-0.2, 0) is 11.0 Å². The van der Waals surface area contributed by atoms with E-state index in [-0.39, 0.29) is 9.71 Å². The Morgan fingerprint density at radius 1 is 1.36 bits per heavy atom. The van der Waals surface area contributed by atoms with Gasteiger partial charge in [-0.1, -0.05) is 0 Å². The van der Waals surface area contributed by atoms with Crippen LogP contribution in [0, 0.1) is 6.92 Å². The lowest BCUT2D eigenvalue weighted by Gasteiger charge is -2.31. The molecule has 1 aliphatic heterocycles. The van der Waals surface area contributed by atoms with Crippen LogP contribution in [-0.4, -0.2) is 39.0 Å². The summed E-state index contributed by atoms with van der Waals surface area (Å²) in [7, 11) is 0. The van der Waals surface area contributed by atoms with Gasteiger partial charge in [-0.25, -0.2) is 9.78 Å². The predicted molar refractivity (Wildman–Crippen MR) is 85.7 cm³/mol. The minimum Gasteiger partial charge on any atom is -0.480 e. The van der Waals surface area contributed by atoms with Gasteiger partial charge in [-0.2, -0.15) is 13.2 Å². The van der Waals surface area contributed by atoms with E-state index in [4.69, 9.17) is 0 Å². The van der Waals surface area contributed by atoms with Gasteiger partial charge < -0.3 is 10.0 Å². The van der Waals surface area contributed by atoms with E-state index < -0.39 is 29.3 Å². The first-order chi connectivity index (χ1) is 11.6. The molecule has 25 heavy (non-hydrogen) atoms. The molecule has 0 aliphatic carbocycles. The van der Waals surface area contributed by atoms with E-state index in [1.165, 1.54) is 17.9 Å². The first-order valence-electron chi connectivity index (χ1n) is 7.58. The van der Waals surface area contributed by atoms with Crippen molar-refractivity contribution < 1.29 is 27.9 Å². The lowest BCUT2D eigenvalue weighted by atomic mass is 9.99. The summed E-state index contributed by atoms with van der Waals surface area (Å²) in [5.74, 6) is -1.56. The lowest BCUT2D eigenvalue weighted by molar-refractivity contribution is -0.147. The number of amides is 1. The Kier molecular flexibility index (Phi) is 4.02. The van der Waals surface area contributed by atoms with Crippen molar-refractivity contribution in [2.45, 2.75) is 38.4 Å². The zero-order valence-electron chi connectivity index (χ0n) is 13.5. The van der Waals surface area contributed by atoms with Crippen molar-refractivity contribution in [3.63, 3.8) is 0 Å². The van der Waals surface area contributed by atoms with Crippen LogP contribution < -0.4 is 0 Å². The van der Waals surface area contributed by atoms with Crippen LogP contribution in [0.5, 0.6) is 0 Å². The van der Waals surface area contributed by atoms with E-state index >= 15 is 0 Å². The maximum absolute atomic E-state index is 12.9. The Bertz CT molecular complexity index is 877. The van der Waals surface area contributed by atoms with Crippen LogP contribution in [0.3, 0.4) is 0 Å². The van der Waals surface area contributed by atoms with E-state index in [9.17, 15) is 27.9 Å². The number of hydrogen-bond acceptors (Lipinski definition) is 4. The maximum Gasteiger partial charge on any atom is 0.433 e. The normalized spacial score (nSPS) is 21.1. The Morgan fingerprint density at radius 3 is 2.64 bits per heavy atom. The average molecular weight is 372 g/mol. The maximum atomic E-state index is 12.9. The molecule has 0 spiro atoms. The standard InChI is InChI=1S/C16H15F3N2O3S/c1-8-9-4-5-10(16(17,18)19)20-12(9)25-11(8)13(22)21-7-3-6-15(21,2)14(23)24/h4-5H,3,6-7H2,1-2H3,(H,23,24). The highest BCUT2D eigenvalue weighted by Crippen LogP contribution is 2.37. The highest BCUT2D eigenvalue weighted by molar-refractivity contribution is 7.20. The number of aryl methyl sites for hydroxylation is 1. The number of aliphatic carboxylic acids is 1. The quantitative estimate of drug-likeness (QED) is 0.873. The molecule has 2 aromatic rings. The molecule has 5 nitrogen and oxygen atoms in total. The summed E-state index contributed by atoms with van der Waals surface area (Å²) < 4.78 is 38.5. The molecule has 1 N–H and O–H groups in total. The molecule has 1 atom stereocenters. The number of thiophene rings is 1. The fourth-order valence-electron chi connectivity index (χ4n) is 3.09. The van der Waals surface area contributed by atoms with Gasteiger partial charge in [0.25, 0.3) is 5.91 Å². The summed E-state index contributed by atoms with van der Waals surface area (Å²) in [5.41, 5.74) is -1.80. The first kappa shape index (κ1) is 17.7. The monoisotopic (exact) mass is 372 g/mol. The molecule has 1 unspecified atom stereocenters.